The van der Waals surface area contributed by atoms with Gasteiger partial charge in [-0.25, -0.2) is 17.5 Å². The van der Waals surface area contributed by atoms with Crippen molar-refractivity contribution < 1.29 is 32.3 Å². The number of methoxy groups -OCH3 is 2. The highest BCUT2D eigenvalue weighted by molar-refractivity contribution is 7.89. The van der Waals surface area contributed by atoms with Gasteiger partial charge >= 0.3 is 5.97 Å². The van der Waals surface area contributed by atoms with Gasteiger partial charge in [-0.05, 0) is 43.7 Å². The Bertz CT molecular complexity index is 1160. The van der Waals surface area contributed by atoms with Crippen molar-refractivity contribution in [1.82, 2.24) is 4.31 Å². The van der Waals surface area contributed by atoms with Crippen molar-refractivity contribution in [2.75, 3.05) is 14.2 Å². The van der Waals surface area contributed by atoms with Gasteiger partial charge in [-0.2, -0.15) is 0 Å². The van der Waals surface area contributed by atoms with E-state index in [1.807, 2.05) is 0 Å². The average Bonchev–Trinajstić information content (AvgIpc) is 3.19. The molecule has 3 rings (SSSR count). The van der Waals surface area contributed by atoms with Crippen molar-refractivity contribution in [1.29, 1.82) is 0 Å². The molecule has 11 heteroatoms. The summed E-state index contributed by atoms with van der Waals surface area (Å²) in [7, 11) is -1.30. The van der Waals surface area contributed by atoms with Crippen molar-refractivity contribution in [3.8, 4) is 11.5 Å². The summed E-state index contributed by atoms with van der Waals surface area (Å²) < 4.78 is 36.8. The third kappa shape index (κ3) is 4.52. The van der Waals surface area contributed by atoms with Crippen molar-refractivity contribution >= 4 is 27.7 Å². The first-order valence-corrected chi connectivity index (χ1v) is 11.0. The number of hydrogen-bond acceptors (Lipinski definition) is 8. The summed E-state index contributed by atoms with van der Waals surface area (Å²) in [5.41, 5.74) is 7.13. The zero-order valence-electron chi connectivity index (χ0n) is 17.8. The molecule has 1 aliphatic rings. The topological polar surface area (TPSA) is 138 Å². The predicted octanol–water partition coefficient (Wildman–Crippen LogP) is 1.56. The second-order valence-corrected chi connectivity index (χ2v) is 8.83. The molecule has 0 spiro atoms. The zero-order chi connectivity index (χ0) is 23.5. The van der Waals surface area contributed by atoms with E-state index in [1.165, 1.54) is 26.4 Å². The number of carbonyl (C=O) groups is 2. The number of amidine groups is 1. The van der Waals surface area contributed by atoms with Gasteiger partial charge in [0.2, 0.25) is 5.91 Å². The molecular formula is C21H23N3O7S. The Hall–Kier alpha value is -3.60. The Morgan fingerprint density at radius 2 is 1.75 bits per heavy atom. The first-order chi connectivity index (χ1) is 15.2. The highest BCUT2D eigenvalue weighted by Gasteiger charge is 2.45. The molecule has 1 amide bonds. The monoisotopic (exact) mass is 461 g/mol. The standard InChI is InChI=1S/C21H23N3O7S/c1-13-4-7-15(8-5-13)32(27,28)24-16(9-11-19(24)25)21(26)31-23-20(22)14-6-10-17(29-2)18(12-14)30-3/h4-8,10,12,16H,9,11H2,1-3H3,(H2,22,23)/t16-/m1/s1. The van der Waals surface area contributed by atoms with Gasteiger partial charge in [0.25, 0.3) is 10.0 Å². The molecule has 2 aromatic carbocycles. The zero-order valence-corrected chi connectivity index (χ0v) is 18.6. The first-order valence-electron chi connectivity index (χ1n) is 9.59. The molecule has 1 aliphatic heterocycles. The Morgan fingerprint density at radius 3 is 2.38 bits per heavy atom. The van der Waals surface area contributed by atoms with Crippen LogP contribution in [0.3, 0.4) is 0 Å². The first kappa shape index (κ1) is 23.1. The van der Waals surface area contributed by atoms with Crippen LogP contribution in [0.25, 0.3) is 0 Å². The maximum absolute atomic E-state index is 13.0. The molecule has 170 valence electrons. The Morgan fingerprint density at radius 1 is 1.09 bits per heavy atom. The molecule has 0 aliphatic carbocycles. The van der Waals surface area contributed by atoms with Gasteiger partial charge in [0.05, 0.1) is 19.1 Å². The van der Waals surface area contributed by atoms with Crippen LogP contribution >= 0.6 is 0 Å². The maximum atomic E-state index is 13.0. The van der Waals surface area contributed by atoms with Gasteiger partial charge in [-0.15, -0.1) is 0 Å². The fourth-order valence-electron chi connectivity index (χ4n) is 3.20. The third-order valence-corrected chi connectivity index (χ3v) is 6.77. The van der Waals surface area contributed by atoms with E-state index in [-0.39, 0.29) is 23.6 Å². The second kappa shape index (κ2) is 9.27. The van der Waals surface area contributed by atoms with E-state index in [1.54, 1.807) is 37.3 Å². The van der Waals surface area contributed by atoms with Crippen molar-refractivity contribution in [3.63, 3.8) is 0 Å². The average molecular weight is 461 g/mol. The van der Waals surface area contributed by atoms with Crippen LogP contribution < -0.4 is 15.2 Å². The fraction of sp³-hybridized carbons (Fsp3) is 0.286. The molecule has 0 aromatic heterocycles. The molecule has 1 heterocycles. The van der Waals surface area contributed by atoms with E-state index in [0.29, 0.717) is 21.4 Å². The summed E-state index contributed by atoms with van der Waals surface area (Å²) in [5.74, 6) is -0.968. The van der Waals surface area contributed by atoms with Crippen LogP contribution in [0.4, 0.5) is 0 Å². The number of amides is 1. The third-order valence-electron chi connectivity index (χ3n) is 4.92. The number of ether oxygens (including phenoxy) is 2. The molecule has 0 radical (unpaired) electrons. The predicted molar refractivity (Wildman–Crippen MR) is 115 cm³/mol. The van der Waals surface area contributed by atoms with E-state index in [2.05, 4.69) is 5.16 Å². The molecule has 2 N–H and O–H groups in total. The van der Waals surface area contributed by atoms with Crippen molar-refractivity contribution in [2.24, 2.45) is 10.9 Å². The van der Waals surface area contributed by atoms with E-state index in [0.717, 1.165) is 5.56 Å². The number of hydrogen-bond donors (Lipinski definition) is 1. The van der Waals surface area contributed by atoms with Gasteiger partial charge in [-0.3, -0.25) is 4.79 Å². The van der Waals surface area contributed by atoms with Crippen LogP contribution in [-0.2, 0) is 24.4 Å². The number of rotatable bonds is 7. The molecule has 0 unspecified atom stereocenters. The van der Waals surface area contributed by atoms with Gasteiger partial charge in [0, 0.05) is 12.0 Å². The lowest BCUT2D eigenvalue weighted by Crippen LogP contribution is -2.43. The lowest BCUT2D eigenvalue weighted by molar-refractivity contribution is -0.149. The highest BCUT2D eigenvalue weighted by Crippen LogP contribution is 2.29. The number of oxime groups is 1. The molecule has 1 saturated heterocycles. The van der Waals surface area contributed by atoms with Gasteiger partial charge in [-0.1, -0.05) is 22.9 Å². The molecule has 32 heavy (non-hydrogen) atoms. The minimum Gasteiger partial charge on any atom is -0.493 e. The highest BCUT2D eigenvalue weighted by atomic mass is 32.2. The largest absolute Gasteiger partial charge is 0.493 e. The summed E-state index contributed by atoms with van der Waals surface area (Å²) in [6.45, 7) is 1.80. The summed E-state index contributed by atoms with van der Waals surface area (Å²) in [6.07, 6.45) is -0.131. The summed E-state index contributed by atoms with van der Waals surface area (Å²) in [6, 6.07) is 9.36. The molecule has 2 aromatic rings. The van der Waals surface area contributed by atoms with Crippen molar-refractivity contribution in [2.45, 2.75) is 30.7 Å². The SMILES string of the molecule is COc1ccc(/C(N)=N\OC(=O)[C@H]2CCC(=O)N2S(=O)(=O)c2ccc(C)cc2)cc1OC. The molecule has 10 nitrogen and oxygen atoms in total. The summed E-state index contributed by atoms with van der Waals surface area (Å²) in [5, 5.41) is 3.61. The number of nitrogens with zero attached hydrogens (tertiary/aromatic N) is 2. The molecule has 0 saturated carbocycles. The van der Waals surface area contributed by atoms with Crippen LogP contribution in [0.15, 0.2) is 52.5 Å². The normalized spacial score (nSPS) is 16.7. The van der Waals surface area contributed by atoms with Crippen LogP contribution in [0.5, 0.6) is 11.5 Å². The van der Waals surface area contributed by atoms with Gasteiger partial charge in [0.15, 0.2) is 17.3 Å². The second-order valence-electron chi connectivity index (χ2n) is 7.02. The van der Waals surface area contributed by atoms with Crippen LogP contribution in [0.2, 0.25) is 0 Å². The molecular weight excluding hydrogens is 438 g/mol. The minimum atomic E-state index is -4.23. The minimum absolute atomic E-state index is 0.0193. The molecule has 1 atom stereocenters. The smallest absolute Gasteiger partial charge is 0.358 e. The van der Waals surface area contributed by atoms with E-state index in [4.69, 9.17) is 20.0 Å². The van der Waals surface area contributed by atoms with Gasteiger partial charge < -0.3 is 20.0 Å². The number of nitrogens with two attached hydrogens (primary N) is 1. The van der Waals surface area contributed by atoms with Crippen LogP contribution in [0, 0.1) is 6.92 Å². The lowest BCUT2D eigenvalue weighted by Gasteiger charge is -2.22. The molecule has 1 fully saturated rings. The Balaban J connectivity index is 1.80. The summed E-state index contributed by atoms with van der Waals surface area (Å²) in [4.78, 5) is 29.7. The van der Waals surface area contributed by atoms with Gasteiger partial charge in [0.1, 0.15) is 6.04 Å². The fourth-order valence-corrected chi connectivity index (χ4v) is 4.80. The van der Waals surface area contributed by atoms with Crippen molar-refractivity contribution in [3.05, 3.63) is 53.6 Å². The Kier molecular flexibility index (Phi) is 6.68. The van der Waals surface area contributed by atoms with Crippen LogP contribution in [0.1, 0.15) is 24.0 Å². The Labute approximate surface area is 185 Å². The maximum Gasteiger partial charge on any atom is 0.358 e. The van der Waals surface area contributed by atoms with E-state index >= 15 is 0 Å². The number of carbonyl (C=O) groups excluding carboxylic acids is 2. The number of benzene rings is 2. The summed E-state index contributed by atoms with van der Waals surface area (Å²) >= 11 is 0. The lowest BCUT2D eigenvalue weighted by atomic mass is 10.2. The van der Waals surface area contributed by atoms with E-state index < -0.39 is 27.9 Å². The van der Waals surface area contributed by atoms with Crippen LogP contribution in [-0.4, -0.2) is 50.7 Å². The quantitative estimate of drug-likeness (QED) is 0.284. The number of sulfonamides is 1. The number of aryl methyl sites for hydroxylation is 1. The van der Waals surface area contributed by atoms with E-state index in [9.17, 15) is 18.0 Å². The molecule has 0 bridgehead atoms.